The fourth-order valence-electron chi connectivity index (χ4n) is 7.47. The van der Waals surface area contributed by atoms with Gasteiger partial charge < -0.3 is 29.7 Å². The molecule has 0 bridgehead atoms. The van der Waals surface area contributed by atoms with E-state index in [0.717, 1.165) is 46.6 Å². The maximum atomic E-state index is 14.0. The lowest BCUT2D eigenvalue weighted by Crippen LogP contribution is -2.71. The SMILES string of the molecule is CO/N=C(\C(=O)N[C@@H]1C(=O)N2C(C(=O)OCc3ccc(OC)cc3)=C(/C=C\C3CCCO3)CS[C@H]12)c1nsc(NC(c2ccccc2)(c2ccccc2)c2ccccc2)n1. The lowest BCUT2D eigenvalue weighted by molar-refractivity contribution is -0.153. The number of ether oxygens (including phenoxy) is 3. The van der Waals surface area contributed by atoms with Gasteiger partial charge in [-0.25, -0.2) is 4.79 Å². The van der Waals surface area contributed by atoms with E-state index in [0.29, 0.717) is 28.8 Å². The maximum Gasteiger partial charge on any atom is 0.355 e. The van der Waals surface area contributed by atoms with Crippen molar-refractivity contribution in [2.75, 3.05) is 31.9 Å². The number of methoxy groups -OCH3 is 1. The van der Waals surface area contributed by atoms with Crippen molar-refractivity contribution < 1.29 is 33.4 Å². The Labute approximate surface area is 355 Å². The topological polar surface area (TPSA) is 154 Å². The van der Waals surface area contributed by atoms with Gasteiger partial charge in [0.05, 0.1) is 13.2 Å². The number of hydrogen-bond donors (Lipinski definition) is 2. The molecule has 3 atom stereocenters. The van der Waals surface area contributed by atoms with Crippen LogP contribution in [-0.4, -0.2) is 81.9 Å². The Hall–Kier alpha value is -6.29. The Morgan fingerprint density at radius 2 is 1.58 bits per heavy atom. The summed E-state index contributed by atoms with van der Waals surface area (Å²) < 4.78 is 21.3. The number of nitrogens with one attached hydrogen (secondary N) is 2. The van der Waals surface area contributed by atoms with Gasteiger partial charge in [-0.15, -0.1) is 11.8 Å². The molecule has 8 rings (SSSR count). The third kappa shape index (κ3) is 8.28. The molecule has 60 heavy (non-hydrogen) atoms. The number of anilines is 1. The molecule has 15 heteroatoms. The van der Waals surface area contributed by atoms with Crippen molar-refractivity contribution in [1.82, 2.24) is 19.6 Å². The Bertz CT molecular complexity index is 2310. The zero-order valence-corrected chi connectivity index (χ0v) is 34.5. The van der Waals surface area contributed by atoms with Gasteiger partial charge in [-0.2, -0.15) is 9.36 Å². The first-order valence-electron chi connectivity index (χ1n) is 19.4. The van der Waals surface area contributed by atoms with Gasteiger partial charge >= 0.3 is 5.97 Å². The van der Waals surface area contributed by atoms with Crippen LogP contribution in [-0.2, 0) is 40.8 Å². The van der Waals surface area contributed by atoms with E-state index in [9.17, 15) is 14.4 Å². The first-order valence-corrected chi connectivity index (χ1v) is 21.2. The van der Waals surface area contributed by atoms with Crippen LogP contribution in [0.2, 0.25) is 0 Å². The van der Waals surface area contributed by atoms with Crippen molar-refractivity contribution in [3.8, 4) is 5.75 Å². The van der Waals surface area contributed by atoms with Gasteiger partial charge in [0.1, 0.15) is 42.1 Å². The van der Waals surface area contributed by atoms with Crippen molar-refractivity contribution in [3.63, 3.8) is 0 Å². The van der Waals surface area contributed by atoms with Crippen LogP contribution in [0.1, 0.15) is 40.9 Å². The average Bonchev–Trinajstić information content (AvgIpc) is 4.01. The molecule has 1 aromatic heterocycles. The molecule has 4 heterocycles. The van der Waals surface area contributed by atoms with E-state index in [1.807, 2.05) is 103 Å². The molecule has 2 N–H and O–H groups in total. The number of aromatic nitrogens is 2. The second kappa shape index (κ2) is 18.3. The highest BCUT2D eigenvalue weighted by Crippen LogP contribution is 2.42. The van der Waals surface area contributed by atoms with Gasteiger partial charge in [0.25, 0.3) is 11.8 Å². The molecule has 3 aliphatic heterocycles. The second-order valence-electron chi connectivity index (χ2n) is 14.1. The molecule has 0 aliphatic carbocycles. The monoisotopic (exact) mass is 842 g/mol. The largest absolute Gasteiger partial charge is 0.497 e. The van der Waals surface area contributed by atoms with E-state index in [4.69, 9.17) is 24.0 Å². The number of carbonyl (C=O) groups is 3. The van der Waals surface area contributed by atoms with Crippen molar-refractivity contribution in [2.24, 2.45) is 5.16 Å². The minimum Gasteiger partial charge on any atom is -0.497 e. The minimum absolute atomic E-state index is 0.00738. The molecule has 3 aliphatic rings. The van der Waals surface area contributed by atoms with Crippen LogP contribution >= 0.6 is 23.3 Å². The first kappa shape index (κ1) is 40.5. The molecule has 2 amide bonds. The zero-order chi connectivity index (χ0) is 41.5. The molecule has 0 saturated carbocycles. The summed E-state index contributed by atoms with van der Waals surface area (Å²) in [6, 6.07) is 36.3. The number of β-lactam (4-membered cyclic amide) rings is 1. The number of rotatable bonds is 15. The van der Waals surface area contributed by atoms with Crippen LogP contribution in [0.15, 0.2) is 144 Å². The number of esters is 1. The first-order chi connectivity index (χ1) is 29.4. The van der Waals surface area contributed by atoms with E-state index in [2.05, 4.69) is 20.2 Å². The Balaban J connectivity index is 1.03. The Morgan fingerprint density at radius 1 is 0.933 bits per heavy atom. The maximum absolute atomic E-state index is 14.0. The second-order valence-corrected chi connectivity index (χ2v) is 15.9. The van der Waals surface area contributed by atoms with Crippen molar-refractivity contribution >= 4 is 51.9 Å². The van der Waals surface area contributed by atoms with E-state index < -0.39 is 34.7 Å². The van der Waals surface area contributed by atoms with E-state index in [1.165, 1.54) is 23.8 Å². The highest BCUT2D eigenvalue weighted by Gasteiger charge is 2.54. The number of carbonyl (C=O) groups excluding carboxylic acids is 3. The van der Waals surface area contributed by atoms with Gasteiger partial charge in [0, 0.05) is 23.9 Å². The number of benzene rings is 4. The summed E-state index contributed by atoms with van der Waals surface area (Å²) in [6.07, 6.45) is 5.51. The molecule has 4 aromatic carbocycles. The summed E-state index contributed by atoms with van der Waals surface area (Å²) >= 11 is 2.50. The molecule has 1 unspecified atom stereocenters. The number of oxime groups is 1. The quantitative estimate of drug-likeness (QED) is 0.0394. The number of nitrogens with zero attached hydrogens (tertiary/aromatic N) is 4. The van der Waals surface area contributed by atoms with Crippen LogP contribution in [0.5, 0.6) is 5.75 Å². The number of hydrogen-bond acceptors (Lipinski definition) is 13. The predicted octanol–water partition coefficient (Wildman–Crippen LogP) is 6.43. The molecule has 2 fully saturated rings. The highest BCUT2D eigenvalue weighted by molar-refractivity contribution is 8.00. The molecular weight excluding hydrogens is 801 g/mol. The summed E-state index contributed by atoms with van der Waals surface area (Å²) in [5.74, 6) is -0.745. The summed E-state index contributed by atoms with van der Waals surface area (Å²) in [4.78, 5) is 53.0. The molecule has 13 nitrogen and oxygen atoms in total. The van der Waals surface area contributed by atoms with Crippen LogP contribution in [0, 0.1) is 0 Å². The van der Waals surface area contributed by atoms with Gasteiger partial charge in [0.15, 0.2) is 0 Å². The average molecular weight is 843 g/mol. The lowest BCUT2D eigenvalue weighted by Gasteiger charge is -2.49. The molecule has 5 aromatic rings. The van der Waals surface area contributed by atoms with E-state index >= 15 is 0 Å². The van der Waals surface area contributed by atoms with Crippen molar-refractivity contribution in [1.29, 1.82) is 0 Å². The smallest absolute Gasteiger partial charge is 0.355 e. The standard InChI is InChI=1S/C45H42N6O7S2/c1-55-34-23-20-29(21-24-34)27-58-43(54)38-30(22-25-35-19-12-26-57-35)28-59-42-37(41(53)51(38)42)46-40(52)36(49-56-2)39-47-44(60-50-39)48-45(31-13-6-3-7-14-31,32-15-8-4-9-16-32)33-17-10-5-11-18-33/h3-11,13-18,20-25,35,37,42H,12,19,26-28H2,1-2H3,(H,46,52)(H,47,48,50)/b25-22-,49-36-/t35?,37-,42-/m1/s1. The summed E-state index contributed by atoms with van der Waals surface area (Å²) in [5.41, 5.74) is 3.31. The van der Waals surface area contributed by atoms with E-state index in [-0.39, 0.29) is 29.9 Å². The van der Waals surface area contributed by atoms with Gasteiger partial charge in [-0.05, 0) is 52.8 Å². The highest BCUT2D eigenvalue weighted by atomic mass is 32.2. The van der Waals surface area contributed by atoms with Crippen LogP contribution < -0.4 is 15.4 Å². The molecule has 0 spiro atoms. The molecule has 2 saturated heterocycles. The van der Waals surface area contributed by atoms with Gasteiger partial charge in [-0.1, -0.05) is 120 Å². The number of fused-ring (bicyclic) bond motifs is 1. The third-order valence-corrected chi connectivity index (χ3v) is 12.4. The van der Waals surface area contributed by atoms with Gasteiger partial charge in [-0.3, -0.25) is 14.5 Å². The minimum atomic E-state index is -0.976. The Kier molecular flexibility index (Phi) is 12.4. The van der Waals surface area contributed by atoms with Crippen LogP contribution in [0.3, 0.4) is 0 Å². The fraction of sp³-hybridized carbons (Fsp3) is 0.244. The van der Waals surface area contributed by atoms with E-state index in [1.54, 1.807) is 31.4 Å². The van der Waals surface area contributed by atoms with Crippen molar-refractivity contribution in [3.05, 3.63) is 167 Å². The summed E-state index contributed by atoms with van der Waals surface area (Å²) in [5, 5.41) is 10.3. The molecule has 0 radical (unpaired) electrons. The summed E-state index contributed by atoms with van der Waals surface area (Å²) in [7, 11) is 2.90. The van der Waals surface area contributed by atoms with Gasteiger partial charge in [0.2, 0.25) is 16.7 Å². The number of allylic oxidation sites excluding steroid dienone is 1. The van der Waals surface area contributed by atoms with Crippen molar-refractivity contribution in [2.45, 2.75) is 42.5 Å². The lowest BCUT2D eigenvalue weighted by atomic mass is 9.77. The summed E-state index contributed by atoms with van der Waals surface area (Å²) in [6.45, 7) is 0.665. The fourth-order valence-corrected chi connectivity index (χ4v) is 9.42. The predicted molar refractivity (Wildman–Crippen MR) is 229 cm³/mol. The Morgan fingerprint density at radius 3 is 2.17 bits per heavy atom. The van der Waals surface area contributed by atoms with Crippen LogP contribution in [0.4, 0.5) is 5.13 Å². The number of thioether (sulfide) groups is 1. The molecule has 306 valence electrons. The zero-order valence-electron chi connectivity index (χ0n) is 32.9. The number of amides is 2. The molecular formula is C45H42N6O7S2. The normalized spacial score (nSPS) is 19.1. The third-order valence-electron chi connectivity index (χ3n) is 10.4. The van der Waals surface area contributed by atoms with Crippen LogP contribution in [0.25, 0.3) is 0 Å².